The highest BCUT2D eigenvalue weighted by atomic mass is 15.2. The SMILES string of the molecule is CN(C)C(C)(C)Cn1ccc2c3c(ccc21)CCCC3. The topological polar surface area (TPSA) is 8.17 Å². The van der Waals surface area contributed by atoms with Crippen molar-refractivity contribution in [1.29, 1.82) is 0 Å². The minimum atomic E-state index is 0.169. The van der Waals surface area contributed by atoms with Crippen LogP contribution < -0.4 is 0 Å². The largest absolute Gasteiger partial charge is 0.346 e. The Hall–Kier alpha value is -1.28. The molecule has 0 unspecified atom stereocenters. The van der Waals surface area contributed by atoms with Crippen LogP contribution in [0.15, 0.2) is 24.4 Å². The third-order valence-electron chi connectivity index (χ3n) is 5.05. The Morgan fingerprint density at radius 1 is 1.10 bits per heavy atom. The van der Waals surface area contributed by atoms with E-state index < -0.39 is 0 Å². The number of hydrogen-bond donors (Lipinski definition) is 0. The number of aryl methyl sites for hydroxylation is 2. The summed E-state index contributed by atoms with van der Waals surface area (Å²) in [7, 11) is 4.32. The lowest BCUT2D eigenvalue weighted by molar-refractivity contribution is 0.171. The molecule has 2 aromatic rings. The van der Waals surface area contributed by atoms with Crippen molar-refractivity contribution in [2.75, 3.05) is 14.1 Å². The van der Waals surface area contributed by atoms with Crippen LogP contribution in [0.1, 0.15) is 37.8 Å². The van der Waals surface area contributed by atoms with Crippen LogP contribution in [0.4, 0.5) is 0 Å². The second kappa shape index (κ2) is 4.92. The third kappa shape index (κ3) is 2.26. The van der Waals surface area contributed by atoms with Gasteiger partial charge in [-0.15, -0.1) is 0 Å². The monoisotopic (exact) mass is 270 g/mol. The number of rotatable bonds is 3. The molecular weight excluding hydrogens is 244 g/mol. The maximum atomic E-state index is 2.42. The molecule has 1 heterocycles. The van der Waals surface area contributed by atoms with Crippen molar-refractivity contribution in [1.82, 2.24) is 9.47 Å². The molecule has 108 valence electrons. The fourth-order valence-corrected chi connectivity index (χ4v) is 3.22. The zero-order valence-electron chi connectivity index (χ0n) is 13.2. The van der Waals surface area contributed by atoms with Gasteiger partial charge in [-0.1, -0.05) is 6.07 Å². The molecule has 0 radical (unpaired) electrons. The van der Waals surface area contributed by atoms with Gasteiger partial charge in [-0.25, -0.2) is 0 Å². The highest BCUT2D eigenvalue weighted by Gasteiger charge is 2.22. The van der Waals surface area contributed by atoms with Crippen molar-refractivity contribution in [2.24, 2.45) is 0 Å². The van der Waals surface area contributed by atoms with E-state index >= 15 is 0 Å². The van der Waals surface area contributed by atoms with Crippen LogP contribution in [0.3, 0.4) is 0 Å². The standard InChI is InChI=1S/C18H26N2/c1-18(2,19(3)4)13-20-12-11-16-15-8-6-5-7-14(15)9-10-17(16)20/h9-12H,5-8,13H2,1-4H3. The van der Waals surface area contributed by atoms with Crippen molar-refractivity contribution in [3.63, 3.8) is 0 Å². The van der Waals surface area contributed by atoms with Gasteiger partial charge in [0.25, 0.3) is 0 Å². The first kappa shape index (κ1) is 13.7. The van der Waals surface area contributed by atoms with Gasteiger partial charge >= 0.3 is 0 Å². The number of likely N-dealkylation sites (N-methyl/N-ethyl adjacent to an activating group) is 1. The summed E-state index contributed by atoms with van der Waals surface area (Å²) in [5, 5.41) is 1.48. The van der Waals surface area contributed by atoms with E-state index in [9.17, 15) is 0 Å². The first-order chi connectivity index (χ1) is 9.49. The van der Waals surface area contributed by atoms with Crippen LogP contribution in [0.5, 0.6) is 0 Å². The van der Waals surface area contributed by atoms with Crippen LogP contribution in [-0.4, -0.2) is 29.1 Å². The van der Waals surface area contributed by atoms with E-state index in [-0.39, 0.29) is 5.54 Å². The van der Waals surface area contributed by atoms with Gasteiger partial charge in [0.15, 0.2) is 0 Å². The van der Waals surface area contributed by atoms with Gasteiger partial charge in [-0.05, 0) is 76.9 Å². The fourth-order valence-electron chi connectivity index (χ4n) is 3.22. The first-order valence-corrected chi connectivity index (χ1v) is 7.76. The summed E-state index contributed by atoms with van der Waals surface area (Å²) in [6, 6.07) is 7.01. The Balaban J connectivity index is 2.02. The zero-order valence-corrected chi connectivity index (χ0v) is 13.2. The maximum Gasteiger partial charge on any atom is 0.0483 e. The summed E-state index contributed by atoms with van der Waals surface area (Å²) in [5.41, 5.74) is 4.76. The average Bonchev–Trinajstić information content (AvgIpc) is 2.81. The molecule has 2 heteroatoms. The Morgan fingerprint density at radius 2 is 1.85 bits per heavy atom. The van der Waals surface area contributed by atoms with Gasteiger partial charge in [0.2, 0.25) is 0 Å². The molecule has 0 amide bonds. The van der Waals surface area contributed by atoms with Gasteiger partial charge in [-0.2, -0.15) is 0 Å². The number of hydrogen-bond acceptors (Lipinski definition) is 1. The van der Waals surface area contributed by atoms with Gasteiger partial charge in [0, 0.05) is 29.2 Å². The molecule has 0 saturated heterocycles. The second-order valence-electron chi connectivity index (χ2n) is 6.99. The number of fused-ring (bicyclic) bond motifs is 3. The highest BCUT2D eigenvalue weighted by molar-refractivity contribution is 5.85. The first-order valence-electron chi connectivity index (χ1n) is 7.76. The molecule has 1 aliphatic carbocycles. The normalized spacial score (nSPS) is 15.8. The van der Waals surface area contributed by atoms with Crippen LogP contribution in [0.2, 0.25) is 0 Å². The van der Waals surface area contributed by atoms with Gasteiger partial charge in [0.1, 0.15) is 0 Å². The molecule has 0 bridgehead atoms. The summed E-state index contributed by atoms with van der Waals surface area (Å²) in [5.74, 6) is 0. The van der Waals surface area contributed by atoms with Crippen LogP contribution in [-0.2, 0) is 19.4 Å². The van der Waals surface area contributed by atoms with E-state index in [1.807, 2.05) is 0 Å². The summed E-state index contributed by atoms with van der Waals surface area (Å²) >= 11 is 0. The van der Waals surface area contributed by atoms with E-state index in [1.54, 1.807) is 11.1 Å². The summed E-state index contributed by atoms with van der Waals surface area (Å²) in [6.07, 6.45) is 7.49. The lowest BCUT2D eigenvalue weighted by atomic mass is 9.89. The molecule has 0 aliphatic heterocycles. The molecule has 0 fully saturated rings. The Kier molecular flexibility index (Phi) is 3.37. The molecule has 1 aromatic carbocycles. The summed E-state index contributed by atoms with van der Waals surface area (Å²) < 4.78 is 2.42. The Morgan fingerprint density at radius 3 is 2.60 bits per heavy atom. The third-order valence-corrected chi connectivity index (χ3v) is 5.05. The van der Waals surface area contributed by atoms with Crippen molar-refractivity contribution in [3.05, 3.63) is 35.5 Å². The van der Waals surface area contributed by atoms with E-state index in [1.165, 1.54) is 36.6 Å². The molecule has 1 aromatic heterocycles. The summed E-state index contributed by atoms with van der Waals surface area (Å²) in [4.78, 5) is 2.30. The van der Waals surface area contributed by atoms with E-state index in [4.69, 9.17) is 0 Å². The van der Waals surface area contributed by atoms with Gasteiger partial charge < -0.3 is 9.47 Å². The Bertz CT molecular complexity index is 620. The fraction of sp³-hybridized carbons (Fsp3) is 0.556. The average molecular weight is 270 g/mol. The predicted molar refractivity (Wildman–Crippen MR) is 86.3 cm³/mol. The molecule has 0 spiro atoms. The number of nitrogens with zero attached hydrogens (tertiary/aromatic N) is 2. The number of benzene rings is 1. The Labute approximate surface area is 122 Å². The minimum absolute atomic E-state index is 0.169. The lowest BCUT2D eigenvalue weighted by Gasteiger charge is -2.33. The van der Waals surface area contributed by atoms with Crippen LogP contribution in [0, 0.1) is 0 Å². The van der Waals surface area contributed by atoms with Crippen molar-refractivity contribution in [3.8, 4) is 0 Å². The molecule has 3 rings (SSSR count). The van der Waals surface area contributed by atoms with Crippen molar-refractivity contribution >= 4 is 10.9 Å². The molecule has 0 atom stereocenters. The predicted octanol–water partition coefficient (Wildman–Crippen LogP) is 3.86. The molecule has 2 nitrogen and oxygen atoms in total. The molecule has 1 aliphatic rings. The molecular formula is C18H26N2. The van der Waals surface area contributed by atoms with Crippen LogP contribution in [0.25, 0.3) is 10.9 Å². The van der Waals surface area contributed by atoms with Crippen molar-refractivity contribution < 1.29 is 0 Å². The second-order valence-corrected chi connectivity index (χ2v) is 6.99. The highest BCUT2D eigenvalue weighted by Crippen LogP contribution is 2.30. The van der Waals surface area contributed by atoms with Crippen molar-refractivity contribution in [2.45, 2.75) is 51.6 Å². The summed E-state index contributed by atoms with van der Waals surface area (Å²) in [6.45, 7) is 5.64. The molecule has 0 N–H and O–H groups in total. The molecule has 20 heavy (non-hydrogen) atoms. The van der Waals surface area contributed by atoms with E-state index in [2.05, 4.69) is 61.8 Å². The van der Waals surface area contributed by atoms with E-state index in [0.29, 0.717) is 0 Å². The number of aromatic nitrogens is 1. The lowest BCUT2D eigenvalue weighted by Crippen LogP contribution is -2.41. The van der Waals surface area contributed by atoms with Gasteiger partial charge in [0.05, 0.1) is 0 Å². The van der Waals surface area contributed by atoms with Crippen LogP contribution >= 0.6 is 0 Å². The minimum Gasteiger partial charge on any atom is -0.346 e. The van der Waals surface area contributed by atoms with E-state index in [0.717, 1.165) is 6.54 Å². The maximum absolute atomic E-state index is 2.42. The van der Waals surface area contributed by atoms with Gasteiger partial charge in [-0.3, -0.25) is 0 Å². The quantitative estimate of drug-likeness (QED) is 0.822. The smallest absolute Gasteiger partial charge is 0.0483 e. The molecule has 0 saturated carbocycles. The zero-order chi connectivity index (χ0) is 14.3.